The highest BCUT2D eigenvalue weighted by Gasteiger charge is 2.56. The average molecular weight is 494 g/mol. The fraction of sp³-hybridized carbons (Fsp3) is 0.407. The topological polar surface area (TPSA) is 70.6 Å². The fourth-order valence-corrected chi connectivity index (χ4v) is 6.46. The van der Waals surface area contributed by atoms with Crippen LogP contribution in [0.1, 0.15) is 55.5 Å². The van der Waals surface area contributed by atoms with Crippen LogP contribution in [0.15, 0.2) is 48.5 Å². The molecule has 2 aromatic carbocycles. The summed E-state index contributed by atoms with van der Waals surface area (Å²) in [6.07, 6.45) is 4.07. The maximum atomic E-state index is 15.1. The first-order valence-electron chi connectivity index (χ1n) is 12.1. The van der Waals surface area contributed by atoms with Crippen molar-refractivity contribution in [3.8, 4) is 0 Å². The van der Waals surface area contributed by atoms with Crippen LogP contribution in [0.2, 0.25) is 0 Å². The van der Waals surface area contributed by atoms with Crippen molar-refractivity contribution in [1.29, 1.82) is 0 Å². The molecule has 0 bridgehead atoms. The van der Waals surface area contributed by atoms with E-state index in [-0.39, 0.29) is 42.8 Å². The molecule has 1 aliphatic carbocycles. The standard InChI is InChI=1S/C27H28FN3O3S/c1-30(17-23-29-21-13-7-8-14-22(21)35-23)24(32)15-27(19-11-5-6-12-20(19)28)16-25(33)31(26(27)34)18-9-3-2-4-10-18/h5-8,11-14,18H,2-4,9-10,15-17H2,1H3/t27-/m0/s1. The summed E-state index contributed by atoms with van der Waals surface area (Å²) in [5, 5.41) is 0.777. The largest absolute Gasteiger partial charge is 0.339 e. The van der Waals surface area contributed by atoms with Crippen LogP contribution in [0, 0.1) is 5.82 Å². The van der Waals surface area contributed by atoms with Gasteiger partial charge in [-0.1, -0.05) is 49.6 Å². The van der Waals surface area contributed by atoms with Crippen LogP contribution in [0.25, 0.3) is 10.2 Å². The Bertz CT molecular complexity index is 1250. The van der Waals surface area contributed by atoms with Crippen LogP contribution in [0.4, 0.5) is 4.39 Å². The average Bonchev–Trinajstić information content (AvgIpc) is 3.37. The van der Waals surface area contributed by atoms with Crippen LogP contribution in [0.5, 0.6) is 0 Å². The van der Waals surface area contributed by atoms with Crippen molar-refractivity contribution >= 4 is 39.3 Å². The van der Waals surface area contributed by atoms with E-state index in [4.69, 9.17) is 0 Å². The van der Waals surface area contributed by atoms with Gasteiger partial charge >= 0.3 is 0 Å². The molecule has 1 saturated carbocycles. The zero-order valence-corrected chi connectivity index (χ0v) is 20.5. The molecule has 0 radical (unpaired) electrons. The van der Waals surface area contributed by atoms with Crippen LogP contribution in [-0.2, 0) is 26.3 Å². The van der Waals surface area contributed by atoms with Crippen molar-refractivity contribution in [3.63, 3.8) is 0 Å². The minimum atomic E-state index is -1.53. The second-order valence-electron chi connectivity index (χ2n) is 9.60. The predicted octanol–water partition coefficient (Wildman–Crippen LogP) is 4.81. The molecule has 1 aliphatic heterocycles. The van der Waals surface area contributed by atoms with E-state index in [0.717, 1.165) is 47.3 Å². The lowest BCUT2D eigenvalue weighted by molar-refractivity contribution is -0.145. The van der Waals surface area contributed by atoms with Gasteiger partial charge in [-0.2, -0.15) is 0 Å². The number of halogens is 1. The molecule has 5 rings (SSSR count). The summed E-state index contributed by atoms with van der Waals surface area (Å²) in [7, 11) is 1.66. The van der Waals surface area contributed by atoms with Crippen molar-refractivity contribution < 1.29 is 18.8 Å². The lowest BCUT2D eigenvalue weighted by Gasteiger charge is -2.33. The summed E-state index contributed by atoms with van der Waals surface area (Å²) >= 11 is 1.51. The van der Waals surface area contributed by atoms with Crippen molar-refractivity contribution in [1.82, 2.24) is 14.8 Å². The van der Waals surface area contributed by atoms with Crippen LogP contribution in [-0.4, -0.2) is 45.6 Å². The molecule has 3 aromatic rings. The second kappa shape index (κ2) is 9.49. The Labute approximate surface area is 207 Å². The van der Waals surface area contributed by atoms with E-state index >= 15 is 4.39 Å². The summed E-state index contributed by atoms with van der Waals surface area (Å²) in [6, 6.07) is 13.6. The van der Waals surface area contributed by atoms with Gasteiger partial charge in [0, 0.05) is 31.5 Å². The van der Waals surface area contributed by atoms with Gasteiger partial charge in [-0.3, -0.25) is 19.3 Å². The number of thiazole rings is 1. The summed E-state index contributed by atoms with van der Waals surface area (Å²) in [4.78, 5) is 47.9. The second-order valence-corrected chi connectivity index (χ2v) is 10.7. The molecule has 2 heterocycles. The molecule has 6 nitrogen and oxygen atoms in total. The number of hydrogen-bond acceptors (Lipinski definition) is 5. The lowest BCUT2D eigenvalue weighted by atomic mass is 9.75. The SMILES string of the molecule is CN(Cc1nc2ccccc2s1)C(=O)C[C@@]1(c2ccccc2F)CC(=O)N(C2CCCCC2)C1=O. The zero-order valence-electron chi connectivity index (χ0n) is 19.7. The Morgan fingerprint density at radius 3 is 2.57 bits per heavy atom. The van der Waals surface area contributed by atoms with Crippen LogP contribution < -0.4 is 0 Å². The molecule has 0 unspecified atom stereocenters. The molecular formula is C27H28FN3O3S. The Morgan fingerprint density at radius 2 is 1.83 bits per heavy atom. The molecule has 35 heavy (non-hydrogen) atoms. The molecule has 182 valence electrons. The van der Waals surface area contributed by atoms with Crippen molar-refractivity contribution in [2.45, 2.75) is 62.9 Å². The number of para-hydroxylation sites is 1. The molecule has 0 spiro atoms. The maximum Gasteiger partial charge on any atom is 0.241 e. The molecule has 1 saturated heterocycles. The van der Waals surface area contributed by atoms with E-state index in [1.165, 1.54) is 33.3 Å². The van der Waals surface area contributed by atoms with Gasteiger partial charge in [0.05, 0.1) is 22.2 Å². The number of benzene rings is 2. The van der Waals surface area contributed by atoms with Gasteiger partial charge in [0.2, 0.25) is 17.7 Å². The van der Waals surface area contributed by atoms with Gasteiger partial charge in [0.1, 0.15) is 10.8 Å². The van der Waals surface area contributed by atoms with Gasteiger partial charge in [-0.25, -0.2) is 9.37 Å². The van der Waals surface area contributed by atoms with E-state index in [1.807, 2.05) is 24.3 Å². The Hall–Kier alpha value is -3.13. The van der Waals surface area contributed by atoms with Gasteiger partial charge < -0.3 is 4.90 Å². The minimum Gasteiger partial charge on any atom is -0.339 e. The van der Waals surface area contributed by atoms with Gasteiger partial charge in [0.15, 0.2) is 0 Å². The van der Waals surface area contributed by atoms with E-state index in [1.54, 1.807) is 19.2 Å². The smallest absolute Gasteiger partial charge is 0.241 e. The van der Waals surface area contributed by atoms with Gasteiger partial charge in [-0.15, -0.1) is 11.3 Å². The number of imide groups is 1. The number of fused-ring (bicyclic) bond motifs is 1. The van der Waals surface area contributed by atoms with E-state index in [2.05, 4.69) is 4.98 Å². The summed E-state index contributed by atoms with van der Waals surface area (Å²) in [5.41, 5.74) is -0.534. The van der Waals surface area contributed by atoms with Crippen LogP contribution >= 0.6 is 11.3 Å². The third-order valence-electron chi connectivity index (χ3n) is 7.27. The molecule has 1 aromatic heterocycles. The summed E-state index contributed by atoms with van der Waals surface area (Å²) in [6.45, 7) is 0.278. The van der Waals surface area contributed by atoms with E-state index in [0.29, 0.717) is 0 Å². The van der Waals surface area contributed by atoms with Gasteiger partial charge in [-0.05, 0) is 31.0 Å². The highest BCUT2D eigenvalue weighted by molar-refractivity contribution is 7.18. The molecule has 8 heteroatoms. The molecule has 1 atom stereocenters. The first kappa shape index (κ1) is 23.6. The fourth-order valence-electron chi connectivity index (χ4n) is 5.44. The van der Waals surface area contributed by atoms with E-state index in [9.17, 15) is 14.4 Å². The van der Waals surface area contributed by atoms with Gasteiger partial charge in [0.25, 0.3) is 0 Å². The molecule has 3 amide bonds. The number of likely N-dealkylation sites (tertiary alicyclic amines) is 1. The molecule has 2 fully saturated rings. The van der Waals surface area contributed by atoms with Crippen molar-refractivity contribution in [3.05, 3.63) is 64.9 Å². The number of rotatable bonds is 6. The quantitative estimate of drug-likeness (QED) is 0.462. The maximum absolute atomic E-state index is 15.1. The summed E-state index contributed by atoms with van der Waals surface area (Å²) in [5.74, 6) is -1.65. The van der Waals surface area contributed by atoms with Crippen molar-refractivity contribution in [2.75, 3.05) is 7.05 Å². The molecule has 0 N–H and O–H groups in total. The first-order chi connectivity index (χ1) is 16.9. The van der Waals surface area contributed by atoms with Crippen LogP contribution in [0.3, 0.4) is 0 Å². The molecule has 2 aliphatic rings. The number of carbonyl (C=O) groups is 3. The molecular weight excluding hydrogens is 465 g/mol. The number of aromatic nitrogens is 1. The third-order valence-corrected chi connectivity index (χ3v) is 8.29. The predicted molar refractivity (Wildman–Crippen MR) is 132 cm³/mol. The number of amides is 3. The summed E-state index contributed by atoms with van der Waals surface area (Å²) < 4.78 is 16.1. The Morgan fingerprint density at radius 1 is 1.11 bits per heavy atom. The zero-order chi connectivity index (χ0) is 24.6. The Kier molecular flexibility index (Phi) is 6.40. The minimum absolute atomic E-state index is 0.124. The lowest BCUT2D eigenvalue weighted by Crippen LogP contribution is -2.47. The first-order valence-corrected chi connectivity index (χ1v) is 12.9. The van der Waals surface area contributed by atoms with E-state index < -0.39 is 17.1 Å². The highest BCUT2D eigenvalue weighted by atomic mass is 32.1. The number of hydrogen-bond donors (Lipinski definition) is 0. The van der Waals surface area contributed by atoms with Crippen molar-refractivity contribution in [2.24, 2.45) is 0 Å². The number of carbonyl (C=O) groups excluding carboxylic acids is 3. The third kappa shape index (κ3) is 4.35. The monoisotopic (exact) mass is 493 g/mol. The normalized spacial score (nSPS) is 21.1. The number of nitrogens with zero attached hydrogens (tertiary/aromatic N) is 3. The highest BCUT2D eigenvalue weighted by Crippen LogP contribution is 2.43. The Balaban J connectivity index is 1.43.